The molecule has 2 rings (SSSR count). The minimum atomic E-state index is -0.182. The van der Waals surface area contributed by atoms with Crippen molar-refractivity contribution in [3.05, 3.63) is 59.9 Å². The van der Waals surface area contributed by atoms with Crippen LogP contribution in [-0.4, -0.2) is 33.1 Å². The molecule has 2 aromatic rings. The number of carbonyl (C=O) groups is 1. The van der Waals surface area contributed by atoms with Gasteiger partial charge >= 0.3 is 0 Å². The average molecular weight is 329 g/mol. The number of halogens is 1. The Hall–Kier alpha value is -2.40. The Morgan fingerprint density at radius 2 is 1.75 bits per heavy atom. The van der Waals surface area contributed by atoms with Crippen molar-refractivity contribution in [3.8, 4) is 0 Å². The van der Waals surface area contributed by atoms with Gasteiger partial charge in [0.05, 0.1) is 0 Å². The van der Waals surface area contributed by atoms with Crippen LogP contribution in [0.3, 0.4) is 0 Å². The van der Waals surface area contributed by atoms with Gasteiger partial charge < -0.3 is 15.5 Å². The monoisotopic (exact) mass is 329 g/mol. The number of nitrogens with one attached hydrogen (secondary N) is 2. The van der Waals surface area contributed by atoms with Gasteiger partial charge in [0.1, 0.15) is 5.82 Å². The lowest BCUT2D eigenvalue weighted by Crippen LogP contribution is -2.23. The number of hydrogen-bond donors (Lipinski definition) is 2. The van der Waals surface area contributed by atoms with E-state index in [-0.39, 0.29) is 11.7 Å². The van der Waals surface area contributed by atoms with Crippen LogP contribution in [0.25, 0.3) is 0 Å². The molecule has 1 amide bonds. The number of benzene rings is 2. The summed E-state index contributed by atoms with van der Waals surface area (Å²) in [6.07, 6.45) is 0.993. The highest BCUT2D eigenvalue weighted by Crippen LogP contribution is 2.15. The highest BCUT2D eigenvalue weighted by molar-refractivity contribution is 5.91. The predicted octanol–water partition coefficient (Wildman–Crippen LogP) is 3.05. The highest BCUT2D eigenvalue weighted by atomic mass is 19.1. The van der Waals surface area contributed by atoms with Crippen molar-refractivity contribution in [3.63, 3.8) is 0 Å². The Morgan fingerprint density at radius 1 is 1.04 bits per heavy atom. The van der Waals surface area contributed by atoms with E-state index in [0.717, 1.165) is 11.4 Å². The summed E-state index contributed by atoms with van der Waals surface area (Å²) in [5.74, 6) is -0.218. The smallest absolute Gasteiger partial charge is 0.225 e. The predicted molar refractivity (Wildman–Crippen MR) is 97.0 cm³/mol. The van der Waals surface area contributed by atoms with E-state index >= 15 is 0 Å². The normalized spacial score (nSPS) is 10.5. The lowest BCUT2D eigenvalue weighted by Gasteiger charge is -2.13. The van der Waals surface area contributed by atoms with Crippen molar-refractivity contribution >= 4 is 17.3 Å². The number of amides is 1. The van der Waals surface area contributed by atoms with Crippen molar-refractivity contribution in [2.45, 2.75) is 12.8 Å². The molecule has 0 atom stereocenters. The van der Waals surface area contributed by atoms with Crippen molar-refractivity contribution < 1.29 is 9.18 Å². The molecule has 128 valence electrons. The zero-order chi connectivity index (χ0) is 17.4. The third kappa shape index (κ3) is 5.66. The average Bonchev–Trinajstić information content (AvgIpc) is 2.56. The summed E-state index contributed by atoms with van der Waals surface area (Å²) in [6, 6.07) is 14.4. The molecule has 0 saturated carbocycles. The molecular weight excluding hydrogens is 305 g/mol. The van der Waals surface area contributed by atoms with Gasteiger partial charge in [-0.05, 0) is 48.9 Å². The van der Waals surface area contributed by atoms with E-state index in [1.165, 1.54) is 6.07 Å². The van der Waals surface area contributed by atoms with E-state index in [4.69, 9.17) is 0 Å². The topological polar surface area (TPSA) is 44.4 Å². The number of rotatable bonds is 8. The Morgan fingerprint density at radius 3 is 2.42 bits per heavy atom. The fourth-order valence-electron chi connectivity index (χ4n) is 2.32. The third-order valence-corrected chi connectivity index (χ3v) is 3.73. The Kier molecular flexibility index (Phi) is 6.75. The summed E-state index contributed by atoms with van der Waals surface area (Å²) < 4.78 is 13.5. The minimum absolute atomic E-state index is 0.0361. The first-order valence-electron chi connectivity index (χ1n) is 8.07. The second kappa shape index (κ2) is 9.03. The Bertz CT molecular complexity index is 656. The molecule has 0 heterocycles. The summed E-state index contributed by atoms with van der Waals surface area (Å²) in [5, 5.41) is 6.04. The molecule has 0 aliphatic heterocycles. The molecule has 0 saturated heterocycles. The molecule has 0 bridgehead atoms. The van der Waals surface area contributed by atoms with Crippen molar-refractivity contribution in [2.75, 3.05) is 37.4 Å². The number of carbonyl (C=O) groups excluding carboxylic acids is 1. The van der Waals surface area contributed by atoms with Crippen LogP contribution in [0.2, 0.25) is 0 Å². The molecule has 2 aromatic carbocycles. The van der Waals surface area contributed by atoms with Crippen LogP contribution in [0.15, 0.2) is 48.5 Å². The maximum Gasteiger partial charge on any atom is 0.225 e. The van der Waals surface area contributed by atoms with Crippen LogP contribution in [0.1, 0.15) is 12.0 Å². The highest BCUT2D eigenvalue weighted by Gasteiger charge is 2.04. The molecule has 0 fully saturated rings. The summed E-state index contributed by atoms with van der Waals surface area (Å²) in [6.45, 7) is 1.21. The van der Waals surface area contributed by atoms with Crippen molar-refractivity contribution in [1.82, 2.24) is 5.32 Å². The number of hydrogen-bond acceptors (Lipinski definition) is 3. The minimum Gasteiger partial charge on any atom is -0.378 e. The lowest BCUT2D eigenvalue weighted by molar-refractivity contribution is -0.116. The maximum atomic E-state index is 13.5. The van der Waals surface area contributed by atoms with Gasteiger partial charge in [-0.25, -0.2) is 4.39 Å². The standard InChI is InChI=1S/C19H24FN3O/c1-23(2)17-9-7-16(8-10-17)22-19(24)12-14-21-13-11-15-5-3-4-6-18(15)20/h3-10,21H,11-14H2,1-2H3,(H,22,24). The third-order valence-electron chi connectivity index (χ3n) is 3.73. The molecule has 24 heavy (non-hydrogen) atoms. The van der Waals surface area contributed by atoms with Crippen LogP contribution < -0.4 is 15.5 Å². The van der Waals surface area contributed by atoms with Gasteiger partial charge in [0.15, 0.2) is 0 Å². The van der Waals surface area contributed by atoms with E-state index in [2.05, 4.69) is 10.6 Å². The number of anilines is 2. The van der Waals surface area contributed by atoms with Gasteiger partial charge in [-0.1, -0.05) is 18.2 Å². The van der Waals surface area contributed by atoms with Crippen LogP contribution in [0, 0.1) is 5.82 Å². The molecule has 5 heteroatoms. The fourth-order valence-corrected chi connectivity index (χ4v) is 2.32. The van der Waals surface area contributed by atoms with Gasteiger partial charge in [0.25, 0.3) is 0 Å². The first-order valence-corrected chi connectivity index (χ1v) is 8.07. The van der Waals surface area contributed by atoms with Crippen molar-refractivity contribution in [2.24, 2.45) is 0 Å². The van der Waals surface area contributed by atoms with Gasteiger partial charge in [-0.15, -0.1) is 0 Å². The summed E-state index contributed by atoms with van der Waals surface area (Å²) in [7, 11) is 3.95. The molecule has 0 radical (unpaired) electrons. The summed E-state index contributed by atoms with van der Waals surface area (Å²) in [5.41, 5.74) is 2.56. The van der Waals surface area contributed by atoms with E-state index in [9.17, 15) is 9.18 Å². The fraction of sp³-hybridized carbons (Fsp3) is 0.316. The molecule has 0 spiro atoms. The first-order chi connectivity index (χ1) is 11.6. The van der Waals surface area contributed by atoms with Gasteiger partial charge in [0, 0.05) is 38.4 Å². The molecular formula is C19H24FN3O. The van der Waals surface area contributed by atoms with Crippen LogP contribution in [0.5, 0.6) is 0 Å². The largest absolute Gasteiger partial charge is 0.378 e. The molecule has 4 nitrogen and oxygen atoms in total. The zero-order valence-electron chi connectivity index (χ0n) is 14.2. The second-order valence-electron chi connectivity index (χ2n) is 5.83. The maximum absolute atomic E-state index is 13.5. The number of nitrogens with zero attached hydrogens (tertiary/aromatic N) is 1. The van der Waals surface area contributed by atoms with E-state index in [1.807, 2.05) is 49.3 Å². The van der Waals surface area contributed by atoms with Gasteiger partial charge in [-0.2, -0.15) is 0 Å². The molecule has 0 aliphatic carbocycles. The second-order valence-corrected chi connectivity index (χ2v) is 5.83. The van der Waals surface area contributed by atoms with Gasteiger partial charge in [-0.3, -0.25) is 4.79 Å². The molecule has 2 N–H and O–H groups in total. The first kappa shape index (κ1) is 17.9. The molecule has 0 unspecified atom stereocenters. The van der Waals surface area contributed by atoms with E-state index in [1.54, 1.807) is 12.1 Å². The summed E-state index contributed by atoms with van der Waals surface area (Å²) in [4.78, 5) is 13.9. The molecule has 0 aliphatic rings. The zero-order valence-corrected chi connectivity index (χ0v) is 14.2. The quantitative estimate of drug-likeness (QED) is 0.732. The van der Waals surface area contributed by atoms with E-state index in [0.29, 0.717) is 31.5 Å². The van der Waals surface area contributed by atoms with Crippen LogP contribution >= 0.6 is 0 Å². The van der Waals surface area contributed by atoms with Crippen LogP contribution in [0.4, 0.5) is 15.8 Å². The molecule has 0 aromatic heterocycles. The lowest BCUT2D eigenvalue weighted by atomic mass is 10.1. The van der Waals surface area contributed by atoms with Gasteiger partial charge in [0.2, 0.25) is 5.91 Å². The Balaban J connectivity index is 1.65. The summed E-state index contributed by atoms with van der Waals surface area (Å²) >= 11 is 0. The van der Waals surface area contributed by atoms with Crippen LogP contribution in [-0.2, 0) is 11.2 Å². The SMILES string of the molecule is CN(C)c1ccc(NC(=O)CCNCCc2ccccc2F)cc1. The van der Waals surface area contributed by atoms with E-state index < -0.39 is 0 Å². The van der Waals surface area contributed by atoms with Crippen molar-refractivity contribution in [1.29, 1.82) is 0 Å². The Labute approximate surface area is 142 Å².